The molecular weight excluding hydrogens is 288 g/mol. The second-order valence-corrected chi connectivity index (χ2v) is 8.15. The number of hydrogen-bond donors (Lipinski definition) is 1. The van der Waals surface area contributed by atoms with Crippen LogP contribution in [-0.2, 0) is 14.9 Å². The molecule has 1 aromatic carbocycles. The van der Waals surface area contributed by atoms with Crippen LogP contribution in [0.5, 0.6) is 0 Å². The summed E-state index contributed by atoms with van der Waals surface area (Å²) in [5.74, 6) is 1.26. The monoisotopic (exact) mass is 312 g/mol. The Hall–Kier alpha value is -1.39. The van der Waals surface area contributed by atoms with E-state index in [4.69, 9.17) is 4.74 Å². The standard InChI is InChI=1S/C19H24N2O2/c1-13-4-2-3-5-16(13)19-8-15(19)9-21(10-19)17(22)14-6-18(7-14)11-23-12-20-18/h2-5,14-15,20H,6-12H2,1H3. The molecule has 1 aromatic rings. The van der Waals surface area contributed by atoms with Crippen LogP contribution >= 0.6 is 0 Å². The molecule has 2 aliphatic heterocycles. The molecule has 2 heterocycles. The zero-order valence-electron chi connectivity index (χ0n) is 13.7. The lowest BCUT2D eigenvalue weighted by molar-refractivity contribution is -0.140. The summed E-state index contributed by atoms with van der Waals surface area (Å²) in [5.41, 5.74) is 3.21. The van der Waals surface area contributed by atoms with Crippen molar-refractivity contribution in [3.05, 3.63) is 35.4 Å². The Morgan fingerprint density at radius 3 is 2.87 bits per heavy atom. The van der Waals surface area contributed by atoms with Gasteiger partial charge in [0, 0.05) is 30.0 Å². The molecule has 4 fully saturated rings. The number of nitrogens with zero attached hydrogens (tertiary/aromatic N) is 1. The van der Waals surface area contributed by atoms with Crippen LogP contribution in [0.3, 0.4) is 0 Å². The quantitative estimate of drug-likeness (QED) is 0.906. The molecule has 4 nitrogen and oxygen atoms in total. The maximum absolute atomic E-state index is 12.8. The first-order valence-corrected chi connectivity index (χ1v) is 8.80. The summed E-state index contributed by atoms with van der Waals surface area (Å²) < 4.78 is 5.43. The van der Waals surface area contributed by atoms with Gasteiger partial charge in [-0.05, 0) is 43.2 Å². The van der Waals surface area contributed by atoms with Gasteiger partial charge in [-0.15, -0.1) is 0 Å². The Morgan fingerprint density at radius 2 is 2.13 bits per heavy atom. The lowest BCUT2D eigenvalue weighted by Crippen LogP contribution is -2.57. The largest absolute Gasteiger partial charge is 0.364 e. The summed E-state index contributed by atoms with van der Waals surface area (Å²) in [4.78, 5) is 15.0. The Bertz CT molecular complexity index is 659. The minimum Gasteiger partial charge on any atom is -0.364 e. The number of rotatable bonds is 2. The Balaban J connectivity index is 1.28. The zero-order chi connectivity index (χ0) is 15.7. The van der Waals surface area contributed by atoms with Crippen molar-refractivity contribution in [1.82, 2.24) is 10.2 Å². The number of hydrogen-bond acceptors (Lipinski definition) is 3. The highest BCUT2D eigenvalue weighted by molar-refractivity contribution is 5.81. The highest BCUT2D eigenvalue weighted by Crippen LogP contribution is 2.60. The van der Waals surface area contributed by atoms with Crippen LogP contribution in [0.15, 0.2) is 24.3 Å². The van der Waals surface area contributed by atoms with Crippen LogP contribution in [0.4, 0.5) is 0 Å². The van der Waals surface area contributed by atoms with Gasteiger partial charge in [0.25, 0.3) is 0 Å². The van der Waals surface area contributed by atoms with Gasteiger partial charge in [-0.3, -0.25) is 10.1 Å². The van der Waals surface area contributed by atoms with E-state index in [1.165, 1.54) is 17.5 Å². The molecule has 4 heteroatoms. The van der Waals surface area contributed by atoms with Crippen LogP contribution in [0.1, 0.15) is 30.4 Å². The minimum absolute atomic E-state index is 0.108. The van der Waals surface area contributed by atoms with Crippen molar-refractivity contribution >= 4 is 5.91 Å². The first-order valence-electron chi connectivity index (χ1n) is 8.80. The van der Waals surface area contributed by atoms with Crippen LogP contribution in [0.2, 0.25) is 0 Å². The van der Waals surface area contributed by atoms with Gasteiger partial charge in [-0.2, -0.15) is 0 Å². The SMILES string of the molecule is Cc1ccccc1C12CC1CN(C(=O)C1CC3(COCN3)C1)C2. The number of ether oxygens (including phenoxy) is 1. The fraction of sp³-hybridized carbons (Fsp3) is 0.632. The Morgan fingerprint density at radius 1 is 1.30 bits per heavy atom. The molecule has 2 atom stereocenters. The van der Waals surface area contributed by atoms with Crippen molar-refractivity contribution in [2.45, 2.75) is 37.1 Å². The molecule has 0 aromatic heterocycles. The molecule has 0 radical (unpaired) electrons. The molecule has 23 heavy (non-hydrogen) atoms. The lowest BCUT2D eigenvalue weighted by atomic mass is 9.68. The number of benzene rings is 1. The number of carbonyl (C=O) groups is 1. The molecule has 2 unspecified atom stereocenters. The van der Waals surface area contributed by atoms with Crippen molar-refractivity contribution in [2.24, 2.45) is 11.8 Å². The number of nitrogens with one attached hydrogen (secondary N) is 1. The van der Waals surface area contributed by atoms with Gasteiger partial charge in [0.1, 0.15) is 0 Å². The van der Waals surface area contributed by atoms with E-state index < -0.39 is 0 Å². The fourth-order valence-electron chi connectivity index (χ4n) is 5.28. The number of carbonyl (C=O) groups excluding carboxylic acids is 1. The molecule has 2 aliphatic carbocycles. The maximum Gasteiger partial charge on any atom is 0.225 e. The molecule has 122 valence electrons. The zero-order valence-corrected chi connectivity index (χ0v) is 13.7. The molecule has 0 bridgehead atoms. The van der Waals surface area contributed by atoms with E-state index in [0.717, 1.165) is 32.5 Å². The highest BCUT2D eigenvalue weighted by Gasteiger charge is 2.63. The highest BCUT2D eigenvalue weighted by atomic mass is 16.5. The topological polar surface area (TPSA) is 41.6 Å². The summed E-state index contributed by atoms with van der Waals surface area (Å²) in [5, 5.41) is 3.41. The summed E-state index contributed by atoms with van der Waals surface area (Å²) in [7, 11) is 0. The summed E-state index contributed by atoms with van der Waals surface area (Å²) in [6.45, 7) is 5.50. The molecule has 1 amide bonds. The van der Waals surface area contributed by atoms with E-state index >= 15 is 0 Å². The van der Waals surface area contributed by atoms with Crippen molar-refractivity contribution in [2.75, 3.05) is 26.4 Å². The van der Waals surface area contributed by atoms with Crippen molar-refractivity contribution < 1.29 is 9.53 Å². The van der Waals surface area contributed by atoms with Crippen LogP contribution in [0.25, 0.3) is 0 Å². The molecule has 4 aliphatic rings. The fourth-order valence-corrected chi connectivity index (χ4v) is 5.28. The van der Waals surface area contributed by atoms with Gasteiger partial charge in [-0.25, -0.2) is 0 Å². The normalized spacial score (nSPS) is 41.0. The van der Waals surface area contributed by atoms with Gasteiger partial charge in [0.05, 0.1) is 13.3 Å². The third kappa shape index (κ3) is 1.94. The van der Waals surface area contributed by atoms with E-state index in [1.54, 1.807) is 0 Å². The predicted octanol–water partition coefficient (Wildman–Crippen LogP) is 1.82. The molecule has 1 N–H and O–H groups in total. The Kier molecular flexibility index (Phi) is 2.79. The third-order valence-corrected chi connectivity index (χ3v) is 6.69. The minimum atomic E-state index is 0.108. The molecular formula is C19H24N2O2. The number of aryl methyl sites for hydroxylation is 1. The first kappa shape index (κ1) is 14.0. The van der Waals surface area contributed by atoms with Crippen LogP contribution in [-0.4, -0.2) is 42.8 Å². The van der Waals surface area contributed by atoms with E-state index in [9.17, 15) is 4.79 Å². The average molecular weight is 312 g/mol. The second-order valence-electron chi connectivity index (χ2n) is 8.15. The van der Waals surface area contributed by atoms with Gasteiger partial charge < -0.3 is 9.64 Å². The van der Waals surface area contributed by atoms with Gasteiger partial charge >= 0.3 is 0 Å². The third-order valence-electron chi connectivity index (χ3n) is 6.69. The van der Waals surface area contributed by atoms with E-state index in [-0.39, 0.29) is 16.9 Å². The van der Waals surface area contributed by atoms with Gasteiger partial charge in [0.2, 0.25) is 5.91 Å². The number of piperidine rings is 1. The molecule has 2 saturated heterocycles. The predicted molar refractivity (Wildman–Crippen MR) is 87.0 cm³/mol. The molecule has 5 rings (SSSR count). The van der Waals surface area contributed by atoms with Crippen molar-refractivity contribution in [1.29, 1.82) is 0 Å². The van der Waals surface area contributed by atoms with Gasteiger partial charge in [0.15, 0.2) is 0 Å². The van der Waals surface area contributed by atoms with Crippen molar-refractivity contribution in [3.8, 4) is 0 Å². The summed E-state index contributed by atoms with van der Waals surface area (Å²) in [6.07, 6.45) is 3.15. The van der Waals surface area contributed by atoms with Gasteiger partial charge in [-0.1, -0.05) is 24.3 Å². The van der Waals surface area contributed by atoms with Crippen LogP contribution < -0.4 is 5.32 Å². The van der Waals surface area contributed by atoms with E-state index in [1.807, 2.05) is 0 Å². The number of amides is 1. The summed E-state index contributed by atoms with van der Waals surface area (Å²) >= 11 is 0. The maximum atomic E-state index is 12.8. The smallest absolute Gasteiger partial charge is 0.225 e. The lowest BCUT2D eigenvalue weighted by Gasteiger charge is -2.44. The molecule has 1 spiro atoms. The molecule has 2 saturated carbocycles. The number of fused-ring (bicyclic) bond motifs is 1. The number of likely N-dealkylation sites (tertiary alicyclic amines) is 1. The first-order chi connectivity index (χ1) is 11.1. The van der Waals surface area contributed by atoms with Crippen LogP contribution in [0, 0.1) is 18.8 Å². The van der Waals surface area contributed by atoms with E-state index in [0.29, 0.717) is 18.6 Å². The van der Waals surface area contributed by atoms with Crippen molar-refractivity contribution in [3.63, 3.8) is 0 Å². The average Bonchev–Trinajstić information content (AvgIpc) is 2.91. The second kappa shape index (κ2) is 4.58. The van der Waals surface area contributed by atoms with E-state index in [2.05, 4.69) is 41.4 Å². The summed E-state index contributed by atoms with van der Waals surface area (Å²) in [6, 6.07) is 8.71. The Labute approximate surface area is 137 Å².